The van der Waals surface area contributed by atoms with Gasteiger partial charge in [-0.15, -0.1) is 6.58 Å². The summed E-state index contributed by atoms with van der Waals surface area (Å²) in [5.74, 6) is -2.82. The smallest absolute Gasteiger partial charge is 0.316 e. The van der Waals surface area contributed by atoms with Gasteiger partial charge in [0.05, 0.1) is 12.1 Å². The van der Waals surface area contributed by atoms with E-state index in [1.807, 2.05) is 55.4 Å². The van der Waals surface area contributed by atoms with E-state index in [2.05, 4.69) is 34.4 Å². The first-order valence-electron chi connectivity index (χ1n) is 16.3. The Morgan fingerprint density at radius 2 is 1.58 bits per heavy atom. The highest BCUT2D eigenvalue weighted by atomic mass is 16.2. The second kappa shape index (κ2) is 16.2. The number of Topliss-reactive ketones (excluding diaryl/α,β-unsaturated/α-hetero) is 2. The first-order chi connectivity index (χ1) is 20.9. The molecule has 45 heavy (non-hydrogen) atoms. The Labute approximate surface area is 268 Å². The van der Waals surface area contributed by atoms with Crippen molar-refractivity contribution < 1.29 is 28.8 Å². The lowest BCUT2D eigenvalue weighted by Gasteiger charge is -2.36. The van der Waals surface area contributed by atoms with Crippen LogP contribution in [0, 0.1) is 29.1 Å². The van der Waals surface area contributed by atoms with E-state index in [0.717, 1.165) is 18.4 Å². The van der Waals surface area contributed by atoms with Crippen LogP contribution in [0.2, 0.25) is 0 Å². The molecule has 0 aromatic heterocycles. The summed E-state index contributed by atoms with van der Waals surface area (Å²) in [6, 6.07) is -4.33. The summed E-state index contributed by atoms with van der Waals surface area (Å²) in [6.07, 6.45) is 4.17. The van der Waals surface area contributed by atoms with E-state index in [0.29, 0.717) is 12.8 Å². The Balaban J connectivity index is 2.35. The molecule has 5 amide bonds. The van der Waals surface area contributed by atoms with Gasteiger partial charge in [0, 0.05) is 19.0 Å². The molecule has 0 radical (unpaired) electrons. The molecule has 1 unspecified atom stereocenters. The second-order valence-electron chi connectivity index (χ2n) is 14.2. The van der Waals surface area contributed by atoms with Crippen molar-refractivity contribution in [3.63, 3.8) is 0 Å². The topological polar surface area (TPSA) is 154 Å². The SMILES string of the molecule is C=CCNC(=O)C(=O)C(CCC)NC(=O)[C@@H]1C[C@@H](C(=C)C(C)C)CN1C(=O)[C@@H](NC(=O)N[C@H](C(=O)C1CC1)C(C)C)C(C)(C)C. The molecule has 0 spiro atoms. The fourth-order valence-electron chi connectivity index (χ4n) is 5.62. The molecule has 4 N–H and O–H groups in total. The average Bonchev–Trinajstić information content (AvgIpc) is 3.72. The van der Waals surface area contributed by atoms with Crippen LogP contribution in [-0.4, -0.2) is 77.5 Å². The molecule has 2 aliphatic rings. The maximum absolute atomic E-state index is 14.3. The van der Waals surface area contributed by atoms with Crippen LogP contribution in [0.3, 0.4) is 0 Å². The number of likely N-dealkylation sites (tertiary alicyclic amines) is 1. The number of carbonyl (C=O) groups excluding carboxylic acids is 6. The zero-order valence-electron chi connectivity index (χ0n) is 28.5. The molecule has 0 aromatic carbocycles. The van der Waals surface area contributed by atoms with Crippen LogP contribution < -0.4 is 21.3 Å². The predicted octanol–water partition coefficient (Wildman–Crippen LogP) is 3.29. The van der Waals surface area contributed by atoms with E-state index in [4.69, 9.17) is 0 Å². The van der Waals surface area contributed by atoms with E-state index < -0.39 is 59.1 Å². The molecule has 1 aliphatic heterocycles. The molecule has 11 heteroatoms. The fourth-order valence-corrected chi connectivity index (χ4v) is 5.62. The molecule has 1 saturated carbocycles. The second-order valence-corrected chi connectivity index (χ2v) is 14.2. The van der Waals surface area contributed by atoms with Gasteiger partial charge in [-0.2, -0.15) is 0 Å². The molecule has 1 saturated heterocycles. The van der Waals surface area contributed by atoms with Gasteiger partial charge in [0.15, 0.2) is 5.78 Å². The molecule has 0 bridgehead atoms. The van der Waals surface area contributed by atoms with Crippen LogP contribution in [0.4, 0.5) is 4.79 Å². The van der Waals surface area contributed by atoms with Crippen LogP contribution in [0.25, 0.3) is 0 Å². The largest absolute Gasteiger partial charge is 0.346 e. The Morgan fingerprint density at radius 3 is 2.07 bits per heavy atom. The highest BCUT2D eigenvalue weighted by molar-refractivity contribution is 6.38. The lowest BCUT2D eigenvalue weighted by Crippen LogP contribution is -2.61. The lowest BCUT2D eigenvalue weighted by molar-refractivity contribution is -0.143. The van der Waals surface area contributed by atoms with Crippen molar-refractivity contribution in [2.24, 2.45) is 29.1 Å². The van der Waals surface area contributed by atoms with Gasteiger partial charge < -0.3 is 26.2 Å². The van der Waals surface area contributed by atoms with E-state index in [9.17, 15) is 28.8 Å². The highest BCUT2D eigenvalue weighted by Gasteiger charge is 2.46. The normalized spacial score (nSPS) is 20.2. The van der Waals surface area contributed by atoms with E-state index >= 15 is 0 Å². The molecule has 1 aliphatic carbocycles. The average molecular weight is 630 g/mol. The molecule has 252 valence electrons. The molecular formula is C34H55N5O6. The van der Waals surface area contributed by atoms with E-state index in [-0.39, 0.29) is 49.0 Å². The molecule has 1 heterocycles. The standard InChI is InChI=1S/C34H55N5O6/c1-11-13-24(28(41)31(43)35-16-12-2)36-30(42)25-17-23(21(7)19(3)4)18-39(25)32(44)29(34(8,9)10)38-33(45)37-26(20(5)6)27(40)22-14-15-22/h12,19-20,22-26,29H,2,7,11,13-18H2,1,3-6,8-10H3,(H,35,43)(H,36,42)(H2,37,38,45)/t23-,24?,25+,26+,29-/m1/s1. The molecular weight excluding hydrogens is 574 g/mol. The zero-order valence-corrected chi connectivity index (χ0v) is 28.5. The van der Waals surface area contributed by atoms with Crippen molar-refractivity contribution in [2.45, 2.75) is 112 Å². The van der Waals surface area contributed by atoms with Gasteiger partial charge in [0.1, 0.15) is 12.1 Å². The Morgan fingerprint density at radius 1 is 0.956 bits per heavy atom. The van der Waals surface area contributed by atoms with Crippen molar-refractivity contribution in [1.29, 1.82) is 0 Å². The molecule has 11 nitrogen and oxygen atoms in total. The number of urea groups is 1. The molecule has 2 fully saturated rings. The molecule has 0 aromatic rings. The van der Waals surface area contributed by atoms with Crippen molar-refractivity contribution in [1.82, 2.24) is 26.2 Å². The minimum absolute atomic E-state index is 0.000502. The van der Waals surface area contributed by atoms with Gasteiger partial charge in [0.25, 0.3) is 5.91 Å². The summed E-state index contributed by atoms with van der Waals surface area (Å²) < 4.78 is 0. The van der Waals surface area contributed by atoms with Crippen LogP contribution in [0.1, 0.15) is 87.5 Å². The third kappa shape index (κ3) is 10.3. The van der Waals surface area contributed by atoms with E-state index in [1.165, 1.54) is 11.0 Å². The molecule has 2 rings (SSSR count). The maximum Gasteiger partial charge on any atom is 0.316 e. The highest BCUT2D eigenvalue weighted by Crippen LogP contribution is 2.35. The van der Waals surface area contributed by atoms with Gasteiger partial charge in [0.2, 0.25) is 17.6 Å². The van der Waals surface area contributed by atoms with Crippen LogP contribution in [0.15, 0.2) is 24.8 Å². The third-order valence-electron chi connectivity index (χ3n) is 8.62. The summed E-state index contributed by atoms with van der Waals surface area (Å²) in [4.78, 5) is 81.0. The zero-order chi connectivity index (χ0) is 34.2. The number of hydrogen-bond donors (Lipinski definition) is 4. The number of nitrogens with zero attached hydrogens (tertiary/aromatic N) is 1. The monoisotopic (exact) mass is 629 g/mol. The number of rotatable bonds is 16. The van der Waals surface area contributed by atoms with Crippen molar-refractivity contribution >= 4 is 35.3 Å². The summed E-state index contributed by atoms with van der Waals surface area (Å²) in [7, 11) is 0. The number of amides is 5. The van der Waals surface area contributed by atoms with E-state index in [1.54, 1.807) is 0 Å². The summed E-state index contributed by atoms with van der Waals surface area (Å²) in [6.45, 7) is 23.1. The Kier molecular flexibility index (Phi) is 13.5. The van der Waals surface area contributed by atoms with Gasteiger partial charge in [-0.3, -0.25) is 24.0 Å². The number of ketones is 2. The summed E-state index contributed by atoms with van der Waals surface area (Å²) in [5, 5.41) is 10.8. The van der Waals surface area contributed by atoms with Gasteiger partial charge >= 0.3 is 6.03 Å². The third-order valence-corrected chi connectivity index (χ3v) is 8.62. The first-order valence-corrected chi connectivity index (χ1v) is 16.3. The van der Waals surface area contributed by atoms with Crippen LogP contribution >= 0.6 is 0 Å². The first kappa shape index (κ1) is 37.7. The number of nitrogens with one attached hydrogen (secondary N) is 4. The Hall–Kier alpha value is -3.50. The van der Waals surface area contributed by atoms with Crippen molar-refractivity contribution in [3.8, 4) is 0 Å². The maximum atomic E-state index is 14.3. The van der Waals surface area contributed by atoms with Crippen molar-refractivity contribution in [2.75, 3.05) is 13.1 Å². The lowest BCUT2D eigenvalue weighted by atomic mass is 9.85. The van der Waals surface area contributed by atoms with Crippen LogP contribution in [-0.2, 0) is 24.0 Å². The van der Waals surface area contributed by atoms with Gasteiger partial charge in [-0.25, -0.2) is 4.79 Å². The van der Waals surface area contributed by atoms with Crippen LogP contribution in [0.5, 0.6) is 0 Å². The quantitative estimate of drug-likeness (QED) is 0.152. The number of carbonyl (C=O) groups is 6. The van der Waals surface area contributed by atoms with Crippen molar-refractivity contribution in [3.05, 3.63) is 24.8 Å². The predicted molar refractivity (Wildman–Crippen MR) is 174 cm³/mol. The minimum atomic E-state index is -1.06. The summed E-state index contributed by atoms with van der Waals surface area (Å²) >= 11 is 0. The summed E-state index contributed by atoms with van der Waals surface area (Å²) in [5.41, 5.74) is 0.143. The Bertz CT molecular complexity index is 1150. The minimum Gasteiger partial charge on any atom is -0.346 e. The molecule has 5 atom stereocenters. The van der Waals surface area contributed by atoms with Gasteiger partial charge in [-0.1, -0.05) is 80.0 Å². The fraction of sp³-hybridized carbons (Fsp3) is 0.706. The van der Waals surface area contributed by atoms with Gasteiger partial charge in [-0.05, 0) is 48.9 Å². The number of hydrogen-bond acceptors (Lipinski definition) is 6.